The number of aromatic amines is 1. The maximum absolute atomic E-state index is 12.4. The van der Waals surface area contributed by atoms with Crippen LogP contribution >= 0.6 is 45.2 Å². The molecule has 0 spiro atoms. The fraction of sp³-hybridized carbons (Fsp3) is 0.600. The average molecular weight is 907 g/mol. The maximum atomic E-state index is 12.4. The molecule has 0 radical (unpaired) electrons. The van der Waals surface area contributed by atoms with Gasteiger partial charge in [-0.1, -0.05) is 0 Å². The molecule has 17 nitrogen and oxygen atoms in total. The predicted molar refractivity (Wildman–Crippen MR) is 200 cm³/mol. The molecule has 2 aliphatic rings. The van der Waals surface area contributed by atoms with Crippen LogP contribution in [0.3, 0.4) is 0 Å². The van der Waals surface area contributed by atoms with Gasteiger partial charge in [-0.05, 0) is 112 Å². The number of nitrogens with two attached hydrogens (primary N) is 2. The van der Waals surface area contributed by atoms with E-state index >= 15 is 0 Å². The molecule has 6 N–H and O–H groups in total. The number of aliphatic hydroxyl groups is 1. The van der Waals surface area contributed by atoms with Crippen molar-refractivity contribution < 1.29 is 24.2 Å². The van der Waals surface area contributed by atoms with E-state index in [1.807, 2.05) is 46.2 Å². The summed E-state index contributed by atoms with van der Waals surface area (Å²) < 4.78 is 14.2. The zero-order valence-corrected chi connectivity index (χ0v) is 32.8. The monoisotopic (exact) mass is 906 g/mol. The first-order chi connectivity index (χ1) is 23.0. The largest absolute Gasteiger partial charge is 0.444 e. The highest BCUT2D eigenvalue weighted by Crippen LogP contribution is 2.27. The average Bonchev–Trinajstić information content (AvgIpc) is 3.80. The minimum atomic E-state index is -0.500. The van der Waals surface area contributed by atoms with Crippen molar-refractivity contribution >= 4 is 91.1 Å². The number of halogens is 2. The molecule has 0 aromatic carbocycles. The van der Waals surface area contributed by atoms with Crippen molar-refractivity contribution in [2.75, 3.05) is 31.2 Å². The first kappa shape index (κ1) is 38.5. The number of H-pyrrole nitrogens is 1. The fourth-order valence-corrected chi connectivity index (χ4v) is 6.74. The second-order valence-corrected chi connectivity index (χ2v) is 15.6. The zero-order chi connectivity index (χ0) is 36.1. The standard InChI is InChI=1S/C15H21IN6O2.C10H19NO3.C5H4IN5/c1-15(2,3)24-14(23)21-6-4-5-9(21)7-22-13-10(11(16)20-22)12(17)18-8-19-13;1-10(2,3)14-9(13)11-6-4-5-8(11)7-12;6-3-2-4(7)8-1-9-5(2)11-10-3/h8-9H,4-7H2,1-3H3,(H2,17,18,19);8,12H,4-7H2,1-3H3;1H,(H3,7,8,9,10,11)/t9-;8-;/m11./s1. The Kier molecular flexibility index (Phi) is 12.7. The van der Waals surface area contributed by atoms with Gasteiger partial charge in [0.1, 0.15) is 42.9 Å². The van der Waals surface area contributed by atoms with Crippen molar-refractivity contribution in [2.24, 2.45) is 0 Å². The van der Waals surface area contributed by atoms with Crippen molar-refractivity contribution in [3.63, 3.8) is 0 Å². The van der Waals surface area contributed by atoms with Gasteiger partial charge in [0.25, 0.3) is 0 Å². The van der Waals surface area contributed by atoms with Gasteiger partial charge in [-0.15, -0.1) is 0 Å². The number of carbonyl (C=O) groups excluding carboxylic acids is 2. The van der Waals surface area contributed by atoms with E-state index in [4.69, 9.17) is 26.0 Å². The molecule has 2 aliphatic heterocycles. The maximum Gasteiger partial charge on any atom is 0.410 e. The van der Waals surface area contributed by atoms with Crippen molar-refractivity contribution in [1.29, 1.82) is 0 Å². The summed E-state index contributed by atoms with van der Waals surface area (Å²) in [6.45, 7) is 13.1. The van der Waals surface area contributed by atoms with Crippen molar-refractivity contribution in [3.8, 4) is 0 Å². The molecule has 0 aliphatic carbocycles. The molecule has 0 saturated carbocycles. The summed E-state index contributed by atoms with van der Waals surface area (Å²) in [6.07, 6.45) is 5.94. The van der Waals surface area contributed by atoms with Gasteiger partial charge < -0.3 is 35.8 Å². The number of rotatable bonds is 3. The SMILES string of the molecule is CC(C)(C)OC(=O)N1CCC[C@@H]1CO.CC(C)(C)OC(=O)N1CCC[C@@H]1Cn1nc(I)c2c(N)ncnc21.Nc1ncnc2n[nH]c(I)c12. The highest BCUT2D eigenvalue weighted by atomic mass is 127. The van der Waals surface area contributed by atoms with E-state index in [0.717, 1.165) is 43.9 Å². The van der Waals surface area contributed by atoms with E-state index in [9.17, 15) is 9.59 Å². The Bertz CT molecular complexity index is 1750. The van der Waals surface area contributed by atoms with E-state index in [1.54, 1.807) is 9.80 Å². The normalized spacial score (nSPS) is 17.8. The summed E-state index contributed by atoms with van der Waals surface area (Å²) in [4.78, 5) is 43.5. The Morgan fingerprint density at radius 2 is 1.41 bits per heavy atom. The molecule has 268 valence electrons. The Morgan fingerprint density at radius 1 is 0.878 bits per heavy atom. The van der Waals surface area contributed by atoms with Crippen LogP contribution in [0.1, 0.15) is 67.2 Å². The lowest BCUT2D eigenvalue weighted by Crippen LogP contribution is -2.41. The number of nitrogens with zero attached hydrogens (tertiary/aromatic N) is 9. The molecule has 2 saturated heterocycles. The summed E-state index contributed by atoms with van der Waals surface area (Å²) in [5, 5.41) is 21.8. The molecule has 2 fully saturated rings. The number of aromatic nitrogens is 8. The van der Waals surface area contributed by atoms with E-state index < -0.39 is 11.2 Å². The molecular weight excluding hydrogens is 862 g/mol. The van der Waals surface area contributed by atoms with Crippen LogP contribution in [0.25, 0.3) is 22.1 Å². The number of fused-ring (bicyclic) bond motifs is 2. The lowest BCUT2D eigenvalue weighted by molar-refractivity contribution is 0.0173. The number of likely N-dealkylation sites (tertiary alicyclic amines) is 2. The van der Waals surface area contributed by atoms with E-state index in [2.05, 4.69) is 80.4 Å². The van der Waals surface area contributed by atoms with Crippen LogP contribution in [0.15, 0.2) is 12.7 Å². The number of aliphatic hydroxyl groups excluding tert-OH is 1. The van der Waals surface area contributed by atoms with Gasteiger partial charge >= 0.3 is 12.2 Å². The number of hydrogen-bond donors (Lipinski definition) is 4. The van der Waals surface area contributed by atoms with Gasteiger partial charge in [0.2, 0.25) is 0 Å². The third-order valence-corrected chi connectivity index (χ3v) is 8.99. The zero-order valence-electron chi connectivity index (χ0n) is 28.5. The van der Waals surface area contributed by atoms with Crippen LogP contribution in [-0.2, 0) is 16.0 Å². The Hall–Kier alpha value is -3.34. The molecule has 4 aromatic heterocycles. The molecular formula is C30H44I2N12O5. The van der Waals surface area contributed by atoms with Gasteiger partial charge in [0.05, 0.1) is 36.0 Å². The number of hydrogen-bond acceptors (Lipinski definition) is 13. The van der Waals surface area contributed by atoms with Crippen molar-refractivity contribution in [1.82, 2.24) is 49.7 Å². The number of ether oxygens (including phenoxy) is 2. The summed E-state index contributed by atoms with van der Waals surface area (Å²) in [5.74, 6) is 0.888. The second kappa shape index (κ2) is 16.1. The van der Waals surface area contributed by atoms with Gasteiger partial charge in [-0.2, -0.15) is 10.2 Å². The molecule has 2 amide bonds. The number of amides is 2. The summed E-state index contributed by atoms with van der Waals surface area (Å²) in [7, 11) is 0. The smallest absolute Gasteiger partial charge is 0.410 e. The first-order valence-electron chi connectivity index (χ1n) is 15.8. The van der Waals surface area contributed by atoms with Crippen LogP contribution in [0, 0.1) is 7.40 Å². The highest BCUT2D eigenvalue weighted by Gasteiger charge is 2.34. The molecule has 0 bridgehead atoms. The number of carbonyl (C=O) groups is 2. The Morgan fingerprint density at radius 3 is 1.96 bits per heavy atom. The molecule has 6 heterocycles. The number of nitrogens with one attached hydrogen (secondary N) is 1. The second-order valence-electron chi connectivity index (χ2n) is 13.5. The van der Waals surface area contributed by atoms with Gasteiger partial charge in [0, 0.05) is 13.1 Å². The van der Waals surface area contributed by atoms with Crippen LogP contribution in [0.2, 0.25) is 0 Å². The van der Waals surface area contributed by atoms with Gasteiger partial charge in [-0.25, -0.2) is 34.2 Å². The van der Waals surface area contributed by atoms with E-state index in [-0.39, 0.29) is 30.9 Å². The number of nitrogen functional groups attached to an aromatic ring is 2. The third-order valence-electron chi connectivity index (χ3n) is 7.46. The fourth-order valence-electron chi connectivity index (χ4n) is 5.33. The van der Waals surface area contributed by atoms with Crippen LogP contribution < -0.4 is 11.5 Å². The lowest BCUT2D eigenvalue weighted by Gasteiger charge is -2.28. The van der Waals surface area contributed by atoms with E-state index in [1.165, 1.54) is 12.7 Å². The van der Waals surface area contributed by atoms with Crippen molar-refractivity contribution in [3.05, 3.63) is 20.1 Å². The topological polar surface area (TPSA) is 229 Å². The molecule has 4 aromatic rings. The predicted octanol–water partition coefficient (Wildman–Crippen LogP) is 4.33. The molecule has 0 unspecified atom stereocenters. The van der Waals surface area contributed by atoms with Crippen LogP contribution in [0.5, 0.6) is 0 Å². The first-order valence-corrected chi connectivity index (χ1v) is 18.0. The summed E-state index contributed by atoms with van der Waals surface area (Å²) in [6, 6.07) is -0.0141. The van der Waals surface area contributed by atoms with Gasteiger partial charge in [0.15, 0.2) is 11.3 Å². The van der Waals surface area contributed by atoms with E-state index in [0.29, 0.717) is 42.6 Å². The summed E-state index contributed by atoms with van der Waals surface area (Å²) in [5.41, 5.74) is 11.9. The lowest BCUT2D eigenvalue weighted by atomic mass is 10.2. The molecule has 6 rings (SSSR count). The number of anilines is 2. The molecule has 49 heavy (non-hydrogen) atoms. The minimum absolute atomic E-state index is 0.0270. The van der Waals surface area contributed by atoms with Gasteiger partial charge in [-0.3, -0.25) is 5.10 Å². The molecule has 2 atom stereocenters. The molecule has 19 heteroatoms. The Labute approximate surface area is 311 Å². The quantitative estimate of drug-likeness (QED) is 0.210. The summed E-state index contributed by atoms with van der Waals surface area (Å²) >= 11 is 4.23. The van der Waals surface area contributed by atoms with Crippen LogP contribution in [-0.4, -0.2) is 110 Å². The third kappa shape index (κ3) is 10.1. The van der Waals surface area contributed by atoms with Crippen LogP contribution in [0.4, 0.5) is 21.2 Å². The highest BCUT2D eigenvalue weighted by molar-refractivity contribution is 14.1. The minimum Gasteiger partial charge on any atom is -0.444 e. The Balaban J connectivity index is 0.000000183. The van der Waals surface area contributed by atoms with Crippen molar-refractivity contribution in [2.45, 2.75) is 97.1 Å².